The second kappa shape index (κ2) is 5.61. The smallest absolute Gasteiger partial charge is 0.322 e. The van der Waals surface area contributed by atoms with Crippen LogP contribution in [-0.4, -0.2) is 0 Å². The Hall–Kier alpha value is -2.22. The molecule has 4 nitrogen and oxygen atoms in total. The van der Waals surface area contributed by atoms with Crippen molar-refractivity contribution in [2.75, 3.05) is 0 Å². The normalized spacial score (nSPS) is 10.3. The van der Waals surface area contributed by atoms with Crippen LogP contribution in [0.3, 0.4) is 0 Å². The molecule has 0 aliphatic rings. The van der Waals surface area contributed by atoms with Gasteiger partial charge in [0.25, 0.3) is 0 Å². The second-order valence-corrected chi connectivity index (χ2v) is 3.72. The van der Waals surface area contributed by atoms with Gasteiger partial charge in [0.05, 0.1) is 16.3 Å². The number of rotatable bonds is 2. The Balaban J connectivity index is 3.44. The minimum Gasteiger partial charge on any atom is -0.322 e. The summed E-state index contributed by atoms with van der Waals surface area (Å²) >= 11 is 5.72. The van der Waals surface area contributed by atoms with E-state index >= 15 is 0 Å². The van der Waals surface area contributed by atoms with Crippen molar-refractivity contribution in [3.63, 3.8) is 0 Å². The van der Waals surface area contributed by atoms with Gasteiger partial charge < -0.3 is 5.43 Å². The van der Waals surface area contributed by atoms with Crippen LogP contribution < -0.4 is 11.3 Å². The maximum Gasteiger partial charge on any atom is 0.416 e. The van der Waals surface area contributed by atoms with E-state index < -0.39 is 11.7 Å². The summed E-state index contributed by atoms with van der Waals surface area (Å²) in [7, 11) is 0. The van der Waals surface area contributed by atoms with E-state index in [0.717, 1.165) is 12.1 Å². The van der Waals surface area contributed by atoms with Gasteiger partial charge in [-0.25, -0.2) is 0 Å². The fourth-order valence-electron chi connectivity index (χ4n) is 1.32. The Kier molecular flexibility index (Phi) is 4.38. The molecule has 0 radical (unpaired) electrons. The Morgan fingerprint density at radius 3 is 2.21 bits per heavy atom. The van der Waals surface area contributed by atoms with Crippen molar-refractivity contribution in [2.45, 2.75) is 6.18 Å². The summed E-state index contributed by atoms with van der Waals surface area (Å²) in [5.74, 6) is 5.16. The summed E-state index contributed by atoms with van der Waals surface area (Å²) in [5.41, 5.74) is 0.668. The number of nitriles is 2. The summed E-state index contributed by atoms with van der Waals surface area (Å²) in [6.07, 6.45) is -4.53. The summed E-state index contributed by atoms with van der Waals surface area (Å²) in [4.78, 5) is 0. The molecule has 1 rings (SSSR count). The topological polar surface area (TPSA) is 85.6 Å². The zero-order chi connectivity index (χ0) is 14.6. The predicted molar refractivity (Wildman–Crippen MR) is 61.9 cm³/mol. The average Bonchev–Trinajstić information content (AvgIpc) is 2.35. The van der Waals surface area contributed by atoms with Crippen molar-refractivity contribution in [3.8, 4) is 12.1 Å². The standard InChI is InChI=1S/C11H6ClF3N4/c12-9-3-7(11(13,14)15)1-2-8(9)10(19-18)6(4-16)5-17/h1-3,19H,18H2. The Morgan fingerprint density at radius 1 is 1.26 bits per heavy atom. The van der Waals surface area contributed by atoms with E-state index in [-0.39, 0.29) is 21.9 Å². The number of allylic oxidation sites excluding steroid dienone is 1. The lowest BCUT2D eigenvalue weighted by Gasteiger charge is -2.12. The first-order chi connectivity index (χ1) is 8.85. The number of hydrogen-bond acceptors (Lipinski definition) is 4. The van der Waals surface area contributed by atoms with Gasteiger partial charge in [-0.05, 0) is 12.1 Å². The number of hydrazine groups is 1. The van der Waals surface area contributed by atoms with Crippen LogP contribution in [0.5, 0.6) is 0 Å². The van der Waals surface area contributed by atoms with Gasteiger partial charge in [-0.15, -0.1) is 0 Å². The van der Waals surface area contributed by atoms with E-state index in [1.807, 2.05) is 0 Å². The van der Waals surface area contributed by atoms with E-state index in [2.05, 4.69) is 5.43 Å². The molecule has 0 unspecified atom stereocenters. The number of nitrogens with two attached hydrogens (primary N) is 1. The molecule has 8 heteroatoms. The SMILES string of the molecule is N#CC(C#N)=C(NN)c1ccc(C(F)(F)F)cc1Cl. The molecule has 0 atom stereocenters. The average molecular weight is 287 g/mol. The third kappa shape index (κ3) is 3.16. The van der Waals surface area contributed by atoms with Crippen LogP contribution in [0.2, 0.25) is 5.02 Å². The fraction of sp³-hybridized carbons (Fsp3) is 0.0909. The number of alkyl halides is 3. The summed E-state index contributed by atoms with van der Waals surface area (Å²) in [6.45, 7) is 0. The first-order valence-corrected chi connectivity index (χ1v) is 5.11. The Bertz CT molecular complexity index is 592. The molecule has 0 fully saturated rings. The highest BCUT2D eigenvalue weighted by Gasteiger charge is 2.31. The van der Waals surface area contributed by atoms with Gasteiger partial charge in [0.15, 0.2) is 5.57 Å². The van der Waals surface area contributed by atoms with Crippen LogP contribution in [0.25, 0.3) is 5.70 Å². The molecular formula is C11H6ClF3N4. The van der Waals surface area contributed by atoms with Crippen molar-refractivity contribution in [1.82, 2.24) is 5.43 Å². The van der Waals surface area contributed by atoms with E-state index in [0.29, 0.717) is 6.07 Å². The van der Waals surface area contributed by atoms with Gasteiger partial charge in [0.1, 0.15) is 12.1 Å². The molecule has 98 valence electrons. The van der Waals surface area contributed by atoms with Crippen LogP contribution >= 0.6 is 11.6 Å². The fourth-order valence-corrected chi connectivity index (χ4v) is 1.59. The number of nitrogens with one attached hydrogen (secondary N) is 1. The molecular weight excluding hydrogens is 281 g/mol. The van der Waals surface area contributed by atoms with Crippen LogP contribution in [0.1, 0.15) is 11.1 Å². The van der Waals surface area contributed by atoms with Crippen molar-refractivity contribution in [3.05, 3.63) is 39.9 Å². The molecule has 0 aromatic heterocycles. The summed E-state index contributed by atoms with van der Waals surface area (Å²) < 4.78 is 37.4. The van der Waals surface area contributed by atoms with Crippen LogP contribution in [0.4, 0.5) is 13.2 Å². The highest BCUT2D eigenvalue weighted by Crippen LogP contribution is 2.33. The van der Waals surface area contributed by atoms with Gasteiger partial charge in [-0.1, -0.05) is 17.7 Å². The number of halogens is 4. The van der Waals surface area contributed by atoms with Crippen LogP contribution in [0, 0.1) is 22.7 Å². The van der Waals surface area contributed by atoms with E-state index in [9.17, 15) is 13.2 Å². The lowest BCUT2D eigenvalue weighted by Crippen LogP contribution is -2.21. The van der Waals surface area contributed by atoms with E-state index in [1.54, 1.807) is 12.1 Å². The molecule has 0 spiro atoms. The van der Waals surface area contributed by atoms with Crippen molar-refractivity contribution in [2.24, 2.45) is 5.84 Å². The molecule has 0 aliphatic carbocycles. The Morgan fingerprint density at radius 2 is 1.84 bits per heavy atom. The molecule has 0 bridgehead atoms. The molecule has 19 heavy (non-hydrogen) atoms. The van der Waals surface area contributed by atoms with E-state index in [1.165, 1.54) is 0 Å². The predicted octanol–water partition coefficient (Wildman–Crippen LogP) is 2.58. The summed E-state index contributed by atoms with van der Waals surface area (Å²) in [6, 6.07) is 5.65. The van der Waals surface area contributed by atoms with Crippen molar-refractivity contribution in [1.29, 1.82) is 10.5 Å². The number of benzene rings is 1. The first kappa shape index (κ1) is 14.8. The number of hydrogen-bond donors (Lipinski definition) is 2. The molecule has 0 saturated heterocycles. The van der Waals surface area contributed by atoms with Gasteiger partial charge in [-0.3, -0.25) is 5.84 Å². The minimum absolute atomic E-state index is 0.0373. The second-order valence-electron chi connectivity index (χ2n) is 3.31. The third-order valence-electron chi connectivity index (χ3n) is 2.18. The van der Waals surface area contributed by atoms with Gasteiger partial charge >= 0.3 is 6.18 Å². The largest absolute Gasteiger partial charge is 0.416 e. The lowest BCUT2D eigenvalue weighted by atomic mass is 10.1. The first-order valence-electron chi connectivity index (χ1n) is 4.73. The molecule has 0 amide bonds. The molecule has 0 saturated carbocycles. The van der Waals surface area contributed by atoms with Crippen molar-refractivity contribution < 1.29 is 13.2 Å². The molecule has 1 aromatic carbocycles. The molecule has 3 N–H and O–H groups in total. The molecule has 0 aliphatic heterocycles. The van der Waals surface area contributed by atoms with E-state index in [4.69, 9.17) is 28.0 Å². The van der Waals surface area contributed by atoms with Gasteiger partial charge in [0.2, 0.25) is 0 Å². The maximum absolute atomic E-state index is 12.5. The quantitative estimate of drug-likeness (QED) is 0.497. The summed E-state index contributed by atoms with van der Waals surface area (Å²) in [5, 5.41) is 17.2. The zero-order valence-corrected chi connectivity index (χ0v) is 9.97. The third-order valence-corrected chi connectivity index (χ3v) is 2.50. The zero-order valence-electron chi connectivity index (χ0n) is 9.22. The highest BCUT2D eigenvalue weighted by molar-refractivity contribution is 6.32. The minimum atomic E-state index is -4.53. The molecule has 1 aromatic rings. The van der Waals surface area contributed by atoms with Gasteiger partial charge in [0, 0.05) is 5.56 Å². The van der Waals surface area contributed by atoms with Crippen molar-refractivity contribution >= 4 is 17.3 Å². The number of nitrogens with zero attached hydrogens (tertiary/aromatic N) is 2. The Labute approximate surface area is 111 Å². The monoisotopic (exact) mass is 286 g/mol. The molecule has 0 heterocycles. The maximum atomic E-state index is 12.5. The van der Waals surface area contributed by atoms with Crippen LogP contribution in [-0.2, 0) is 6.18 Å². The van der Waals surface area contributed by atoms with Crippen LogP contribution in [0.15, 0.2) is 23.8 Å². The lowest BCUT2D eigenvalue weighted by molar-refractivity contribution is -0.137. The van der Waals surface area contributed by atoms with Gasteiger partial charge in [-0.2, -0.15) is 23.7 Å². The highest BCUT2D eigenvalue weighted by atomic mass is 35.5.